The normalized spacial score (nSPS) is 11.6. The highest BCUT2D eigenvalue weighted by molar-refractivity contribution is 7.89. The average molecular weight is 299 g/mol. The second-order valence-electron chi connectivity index (χ2n) is 4.55. The molecule has 0 heterocycles. The van der Waals surface area contributed by atoms with Gasteiger partial charge in [0.25, 0.3) is 0 Å². The summed E-state index contributed by atoms with van der Waals surface area (Å²) in [6.07, 6.45) is 1.84. The van der Waals surface area contributed by atoms with E-state index < -0.39 is 16.0 Å². The molecule has 0 aromatic heterocycles. The largest absolute Gasteiger partial charge is 0.465 e. The molecule has 0 saturated carbocycles. The number of hydrogen-bond acceptors (Lipinski definition) is 4. The van der Waals surface area contributed by atoms with Gasteiger partial charge in [0.1, 0.15) is 0 Å². The van der Waals surface area contributed by atoms with Crippen molar-refractivity contribution in [1.29, 1.82) is 0 Å². The third-order valence-electron chi connectivity index (χ3n) is 3.28. The zero-order valence-electron chi connectivity index (χ0n) is 12.0. The zero-order chi connectivity index (χ0) is 15.2. The zero-order valence-corrected chi connectivity index (χ0v) is 12.9. The van der Waals surface area contributed by atoms with E-state index in [4.69, 9.17) is 0 Å². The lowest BCUT2D eigenvalue weighted by Gasteiger charge is -2.13. The Kier molecular flexibility index (Phi) is 6.16. The average Bonchev–Trinajstić information content (AvgIpc) is 2.47. The fourth-order valence-electron chi connectivity index (χ4n) is 1.80. The van der Waals surface area contributed by atoms with Crippen LogP contribution in [0.15, 0.2) is 29.2 Å². The molecule has 112 valence electrons. The van der Waals surface area contributed by atoms with E-state index in [0.29, 0.717) is 12.5 Å². The summed E-state index contributed by atoms with van der Waals surface area (Å²) in [5.74, 6) is -0.240. The molecule has 0 fully saturated rings. The first-order chi connectivity index (χ1) is 9.44. The lowest BCUT2D eigenvalue weighted by Crippen LogP contribution is -2.29. The minimum Gasteiger partial charge on any atom is -0.465 e. The summed E-state index contributed by atoms with van der Waals surface area (Å²) in [6.45, 7) is 4.46. The van der Waals surface area contributed by atoms with Crippen molar-refractivity contribution >= 4 is 16.0 Å². The third kappa shape index (κ3) is 4.31. The molecule has 0 radical (unpaired) electrons. The maximum absolute atomic E-state index is 12.2. The van der Waals surface area contributed by atoms with E-state index >= 15 is 0 Å². The van der Waals surface area contributed by atoms with Crippen LogP contribution in [0.3, 0.4) is 0 Å². The van der Waals surface area contributed by atoms with Crippen LogP contribution in [0.25, 0.3) is 0 Å². The van der Waals surface area contributed by atoms with Gasteiger partial charge in [0.2, 0.25) is 10.0 Å². The van der Waals surface area contributed by atoms with Crippen LogP contribution in [0, 0.1) is 5.92 Å². The molecule has 0 amide bonds. The minimum atomic E-state index is -3.60. The lowest BCUT2D eigenvalue weighted by molar-refractivity contribution is 0.0600. The number of methoxy groups -OCH3 is 1. The molecule has 6 heteroatoms. The van der Waals surface area contributed by atoms with Crippen LogP contribution in [-0.2, 0) is 14.8 Å². The van der Waals surface area contributed by atoms with Gasteiger partial charge in [0.15, 0.2) is 0 Å². The molecule has 1 rings (SSSR count). The number of carbonyl (C=O) groups is 1. The van der Waals surface area contributed by atoms with Gasteiger partial charge in [-0.2, -0.15) is 0 Å². The van der Waals surface area contributed by atoms with E-state index in [2.05, 4.69) is 9.46 Å². The van der Waals surface area contributed by atoms with Crippen molar-refractivity contribution in [3.05, 3.63) is 29.8 Å². The molecule has 0 spiro atoms. The number of benzene rings is 1. The van der Waals surface area contributed by atoms with Gasteiger partial charge >= 0.3 is 5.97 Å². The topological polar surface area (TPSA) is 72.5 Å². The molecule has 0 unspecified atom stereocenters. The molecule has 20 heavy (non-hydrogen) atoms. The third-order valence-corrected chi connectivity index (χ3v) is 4.70. The van der Waals surface area contributed by atoms with Gasteiger partial charge in [-0.25, -0.2) is 17.9 Å². The number of sulfonamides is 1. The van der Waals surface area contributed by atoms with Crippen LogP contribution in [-0.4, -0.2) is 28.0 Å². The number of ether oxygens (including phenoxy) is 1. The standard InChI is InChI=1S/C14H21NO4S/c1-4-11(5-2)10-15-20(17,18)13-8-6-7-12(9-13)14(16)19-3/h6-9,11,15H,4-5,10H2,1-3H3. The summed E-state index contributed by atoms with van der Waals surface area (Å²) in [7, 11) is -2.34. The van der Waals surface area contributed by atoms with E-state index in [-0.39, 0.29) is 10.5 Å². The second-order valence-corrected chi connectivity index (χ2v) is 6.32. The molecule has 0 aliphatic rings. The number of rotatable bonds is 7. The van der Waals surface area contributed by atoms with Crippen LogP contribution >= 0.6 is 0 Å². The van der Waals surface area contributed by atoms with Crippen molar-refractivity contribution in [3.63, 3.8) is 0 Å². The Morgan fingerprint density at radius 2 is 1.95 bits per heavy atom. The van der Waals surface area contributed by atoms with Crippen molar-refractivity contribution in [2.75, 3.05) is 13.7 Å². The predicted molar refractivity (Wildman–Crippen MR) is 77.0 cm³/mol. The Hall–Kier alpha value is -1.40. The second kappa shape index (κ2) is 7.40. The van der Waals surface area contributed by atoms with Gasteiger partial charge < -0.3 is 4.74 Å². The Bertz CT molecular complexity index is 550. The van der Waals surface area contributed by atoms with Gasteiger partial charge in [-0.15, -0.1) is 0 Å². The highest BCUT2D eigenvalue weighted by Gasteiger charge is 2.17. The van der Waals surface area contributed by atoms with Crippen LogP contribution in [0.1, 0.15) is 37.0 Å². The lowest BCUT2D eigenvalue weighted by atomic mass is 10.0. The van der Waals surface area contributed by atoms with Gasteiger partial charge in [0.05, 0.1) is 17.6 Å². The summed E-state index contributed by atoms with van der Waals surface area (Å²) in [5.41, 5.74) is 0.220. The molecule has 0 aliphatic carbocycles. The summed E-state index contributed by atoms with van der Waals surface area (Å²) in [4.78, 5) is 11.5. The van der Waals surface area contributed by atoms with Crippen molar-refractivity contribution < 1.29 is 17.9 Å². The van der Waals surface area contributed by atoms with Gasteiger partial charge in [0, 0.05) is 6.54 Å². The van der Waals surface area contributed by atoms with Crippen molar-refractivity contribution in [2.45, 2.75) is 31.6 Å². The fourth-order valence-corrected chi connectivity index (χ4v) is 2.96. The summed E-state index contributed by atoms with van der Waals surface area (Å²) in [6, 6.07) is 5.83. The maximum Gasteiger partial charge on any atom is 0.337 e. The monoisotopic (exact) mass is 299 g/mol. The molecular formula is C14H21NO4S. The van der Waals surface area contributed by atoms with Crippen molar-refractivity contribution in [1.82, 2.24) is 4.72 Å². The van der Waals surface area contributed by atoms with Gasteiger partial charge in [-0.3, -0.25) is 0 Å². The maximum atomic E-state index is 12.2. The molecule has 1 aromatic rings. The highest BCUT2D eigenvalue weighted by Crippen LogP contribution is 2.13. The predicted octanol–water partition coefficient (Wildman–Crippen LogP) is 2.19. The molecule has 5 nitrogen and oxygen atoms in total. The Balaban J connectivity index is 2.90. The summed E-state index contributed by atoms with van der Waals surface area (Å²) >= 11 is 0. The smallest absolute Gasteiger partial charge is 0.337 e. The first kappa shape index (κ1) is 16.7. The van der Waals surface area contributed by atoms with E-state index in [1.54, 1.807) is 0 Å². The highest BCUT2D eigenvalue weighted by atomic mass is 32.2. The van der Waals surface area contributed by atoms with Crippen molar-refractivity contribution in [2.24, 2.45) is 5.92 Å². The summed E-state index contributed by atoms with van der Waals surface area (Å²) < 4.78 is 31.5. The Labute approximate surface area is 120 Å². The molecule has 0 aliphatic heterocycles. The fraction of sp³-hybridized carbons (Fsp3) is 0.500. The first-order valence-corrected chi connectivity index (χ1v) is 8.11. The number of hydrogen-bond donors (Lipinski definition) is 1. The Morgan fingerprint density at radius 3 is 2.50 bits per heavy atom. The van der Waals surface area contributed by atoms with E-state index in [1.807, 2.05) is 13.8 Å². The van der Waals surface area contributed by atoms with Crippen LogP contribution < -0.4 is 4.72 Å². The van der Waals surface area contributed by atoms with Gasteiger partial charge in [-0.05, 0) is 24.1 Å². The summed E-state index contributed by atoms with van der Waals surface area (Å²) in [5, 5.41) is 0. The molecule has 1 aromatic carbocycles. The van der Waals surface area contributed by atoms with E-state index in [0.717, 1.165) is 12.8 Å². The number of carbonyl (C=O) groups excluding carboxylic acids is 1. The quantitative estimate of drug-likeness (QED) is 0.783. The first-order valence-electron chi connectivity index (χ1n) is 6.62. The van der Waals surface area contributed by atoms with Crippen molar-refractivity contribution in [3.8, 4) is 0 Å². The number of nitrogens with one attached hydrogen (secondary N) is 1. The number of esters is 1. The minimum absolute atomic E-state index is 0.0753. The Morgan fingerprint density at radius 1 is 1.30 bits per heavy atom. The van der Waals surface area contributed by atoms with E-state index in [9.17, 15) is 13.2 Å². The van der Waals surface area contributed by atoms with Crippen LogP contribution in [0.2, 0.25) is 0 Å². The molecule has 1 N–H and O–H groups in total. The van der Waals surface area contributed by atoms with Crippen LogP contribution in [0.4, 0.5) is 0 Å². The molecule has 0 saturated heterocycles. The molecule has 0 bridgehead atoms. The molecule has 0 atom stereocenters. The van der Waals surface area contributed by atoms with Gasteiger partial charge in [-0.1, -0.05) is 32.8 Å². The molecular weight excluding hydrogens is 278 g/mol. The van der Waals surface area contributed by atoms with Crippen LogP contribution in [0.5, 0.6) is 0 Å². The van der Waals surface area contributed by atoms with E-state index in [1.165, 1.54) is 31.4 Å². The SMILES string of the molecule is CCC(CC)CNS(=O)(=O)c1cccc(C(=O)OC)c1.